The minimum absolute atomic E-state index is 0.312. The number of hydrogen-bond donors (Lipinski definition) is 0. The van der Waals surface area contributed by atoms with E-state index in [1.165, 1.54) is 12.1 Å². The second-order valence-corrected chi connectivity index (χ2v) is 6.69. The third-order valence-corrected chi connectivity index (χ3v) is 5.17. The summed E-state index contributed by atoms with van der Waals surface area (Å²) in [4.78, 5) is 2.44. The second kappa shape index (κ2) is 5.47. The van der Waals surface area contributed by atoms with E-state index < -0.39 is 11.7 Å². The Kier molecular flexibility index (Phi) is 3.95. The molecule has 2 atom stereocenters. The molecule has 1 heterocycles. The molecule has 1 nitrogen and oxygen atoms in total. The molecule has 0 N–H and O–H groups in total. The van der Waals surface area contributed by atoms with Crippen LogP contribution in [-0.4, -0.2) is 30.4 Å². The topological polar surface area (TPSA) is 3.24 Å². The highest BCUT2D eigenvalue weighted by Gasteiger charge is 2.57. The number of halogens is 4. The van der Waals surface area contributed by atoms with E-state index in [2.05, 4.69) is 4.90 Å². The Labute approximate surface area is 128 Å². The maximum Gasteiger partial charge on any atom is 0.416 e. The molecule has 0 amide bonds. The average Bonchev–Trinajstić information content (AvgIpc) is 2.99. The van der Waals surface area contributed by atoms with Crippen molar-refractivity contribution in [3.63, 3.8) is 0 Å². The summed E-state index contributed by atoms with van der Waals surface area (Å²) in [6, 6.07) is 5.73. The van der Waals surface area contributed by atoms with Crippen LogP contribution in [0.25, 0.3) is 0 Å². The molecule has 1 unspecified atom stereocenters. The zero-order valence-corrected chi connectivity index (χ0v) is 12.6. The molecule has 1 spiro atoms. The molecule has 116 valence electrons. The zero-order chi connectivity index (χ0) is 15.1. The fourth-order valence-electron chi connectivity index (χ4n) is 3.63. The number of rotatable bonds is 4. The molecule has 1 aromatic carbocycles. The molecule has 1 saturated heterocycles. The minimum atomic E-state index is -4.24. The van der Waals surface area contributed by atoms with E-state index in [0.717, 1.165) is 44.5 Å². The van der Waals surface area contributed by atoms with Crippen LogP contribution < -0.4 is 0 Å². The van der Waals surface area contributed by atoms with Gasteiger partial charge in [0.1, 0.15) is 0 Å². The van der Waals surface area contributed by atoms with Crippen LogP contribution in [0.3, 0.4) is 0 Å². The van der Waals surface area contributed by atoms with Crippen molar-refractivity contribution in [2.75, 3.05) is 25.5 Å². The van der Waals surface area contributed by atoms with Gasteiger partial charge < -0.3 is 4.90 Å². The van der Waals surface area contributed by atoms with Gasteiger partial charge in [0.05, 0.1) is 5.56 Å². The molecule has 2 fully saturated rings. The van der Waals surface area contributed by atoms with Crippen LogP contribution in [-0.2, 0) is 6.18 Å². The van der Waals surface area contributed by atoms with Gasteiger partial charge in [0.15, 0.2) is 0 Å². The summed E-state index contributed by atoms with van der Waals surface area (Å²) in [5.41, 5.74) is 0.810. The van der Waals surface area contributed by atoms with Crippen LogP contribution >= 0.6 is 11.6 Å². The molecule has 5 heteroatoms. The van der Waals surface area contributed by atoms with Crippen LogP contribution in [0, 0.1) is 5.41 Å². The lowest BCUT2D eigenvalue weighted by atomic mass is 9.97. The Balaban J connectivity index is 1.63. The lowest BCUT2D eigenvalue weighted by molar-refractivity contribution is -0.137. The first kappa shape index (κ1) is 15.2. The summed E-state index contributed by atoms with van der Waals surface area (Å²) >= 11 is 5.72. The molecule has 0 bridgehead atoms. The highest BCUT2D eigenvalue weighted by atomic mass is 35.5. The van der Waals surface area contributed by atoms with Crippen LogP contribution in [0.2, 0.25) is 0 Å². The Morgan fingerprint density at radius 1 is 1.24 bits per heavy atom. The predicted octanol–water partition coefficient (Wildman–Crippen LogP) is 4.51. The Morgan fingerprint density at radius 3 is 2.57 bits per heavy atom. The van der Waals surface area contributed by atoms with Crippen molar-refractivity contribution in [2.24, 2.45) is 5.41 Å². The summed E-state index contributed by atoms with van der Waals surface area (Å²) in [7, 11) is 0. The van der Waals surface area contributed by atoms with Crippen molar-refractivity contribution in [1.82, 2.24) is 4.90 Å². The zero-order valence-electron chi connectivity index (χ0n) is 11.8. The molecule has 21 heavy (non-hydrogen) atoms. The number of nitrogens with zero attached hydrogens (tertiary/aromatic N) is 1. The minimum Gasteiger partial charge on any atom is -0.303 e. The lowest BCUT2D eigenvalue weighted by Crippen LogP contribution is -2.22. The second-order valence-electron chi connectivity index (χ2n) is 6.31. The molecule has 2 aliphatic rings. The summed E-state index contributed by atoms with van der Waals surface area (Å²) in [5, 5.41) is 0. The molecule has 1 aromatic rings. The first-order chi connectivity index (χ1) is 9.94. The fraction of sp³-hybridized carbons (Fsp3) is 0.625. The SMILES string of the molecule is FC(F)(F)c1ccc([C@H]2CC23CCN(CCCCl)C3)cc1. The maximum atomic E-state index is 12.6. The van der Waals surface area contributed by atoms with E-state index in [9.17, 15) is 13.2 Å². The molecule has 0 aromatic heterocycles. The number of alkyl halides is 4. The summed E-state index contributed by atoms with van der Waals surface area (Å²) in [5.74, 6) is 1.12. The van der Waals surface area contributed by atoms with Gasteiger partial charge in [-0.2, -0.15) is 13.2 Å². The van der Waals surface area contributed by atoms with Crippen molar-refractivity contribution >= 4 is 11.6 Å². The maximum absolute atomic E-state index is 12.6. The van der Waals surface area contributed by atoms with Crippen LogP contribution in [0.5, 0.6) is 0 Å². The van der Waals surface area contributed by atoms with Gasteiger partial charge in [0.2, 0.25) is 0 Å². The van der Waals surface area contributed by atoms with Gasteiger partial charge in [-0.3, -0.25) is 0 Å². The largest absolute Gasteiger partial charge is 0.416 e. The predicted molar refractivity (Wildman–Crippen MR) is 77.6 cm³/mol. The van der Waals surface area contributed by atoms with E-state index in [-0.39, 0.29) is 0 Å². The summed E-state index contributed by atoms with van der Waals surface area (Å²) in [6.45, 7) is 3.19. The normalized spacial score (nSPS) is 29.2. The molecule has 1 aliphatic heterocycles. The molecular formula is C16H19ClF3N. The smallest absolute Gasteiger partial charge is 0.303 e. The van der Waals surface area contributed by atoms with Crippen molar-refractivity contribution in [3.8, 4) is 0 Å². The molecule has 0 radical (unpaired) electrons. The van der Waals surface area contributed by atoms with Crippen molar-refractivity contribution in [1.29, 1.82) is 0 Å². The van der Waals surface area contributed by atoms with Crippen molar-refractivity contribution < 1.29 is 13.2 Å². The molecule has 1 aliphatic carbocycles. The summed E-state index contributed by atoms with van der Waals surface area (Å²) in [6.07, 6.45) is -0.981. The summed E-state index contributed by atoms with van der Waals surface area (Å²) < 4.78 is 37.7. The van der Waals surface area contributed by atoms with E-state index in [4.69, 9.17) is 11.6 Å². The molecule has 3 rings (SSSR count). The Bertz CT molecular complexity index is 499. The molecule has 1 saturated carbocycles. The van der Waals surface area contributed by atoms with Crippen LogP contribution in [0.4, 0.5) is 13.2 Å². The van der Waals surface area contributed by atoms with Gasteiger partial charge >= 0.3 is 6.18 Å². The monoisotopic (exact) mass is 317 g/mol. The Morgan fingerprint density at radius 2 is 1.95 bits per heavy atom. The van der Waals surface area contributed by atoms with E-state index in [0.29, 0.717) is 17.2 Å². The quantitative estimate of drug-likeness (QED) is 0.738. The van der Waals surface area contributed by atoms with Gasteiger partial charge in [0.25, 0.3) is 0 Å². The fourth-order valence-corrected chi connectivity index (χ4v) is 3.75. The van der Waals surface area contributed by atoms with Crippen molar-refractivity contribution in [3.05, 3.63) is 35.4 Å². The van der Waals surface area contributed by atoms with Gasteiger partial charge in [-0.25, -0.2) is 0 Å². The Hall–Kier alpha value is -0.740. The third kappa shape index (κ3) is 3.07. The third-order valence-electron chi connectivity index (χ3n) is 4.90. The number of likely N-dealkylation sites (tertiary alicyclic amines) is 1. The number of benzene rings is 1. The van der Waals surface area contributed by atoms with Crippen molar-refractivity contribution in [2.45, 2.75) is 31.4 Å². The highest BCUT2D eigenvalue weighted by Crippen LogP contribution is 2.64. The lowest BCUT2D eigenvalue weighted by Gasteiger charge is -2.15. The highest BCUT2D eigenvalue weighted by molar-refractivity contribution is 6.17. The van der Waals surface area contributed by atoms with E-state index in [1.807, 2.05) is 0 Å². The standard InChI is InChI=1S/C16H19ClF3N/c17-7-1-8-21-9-6-15(11-21)10-14(15)12-2-4-13(5-3-12)16(18,19)20/h2-5,14H,1,6-11H2/t14-,15?/m1/s1. The van der Waals surface area contributed by atoms with Crippen LogP contribution in [0.1, 0.15) is 36.3 Å². The van der Waals surface area contributed by atoms with E-state index >= 15 is 0 Å². The molecular weight excluding hydrogens is 299 g/mol. The number of hydrogen-bond acceptors (Lipinski definition) is 1. The van der Waals surface area contributed by atoms with E-state index in [1.54, 1.807) is 12.1 Å². The first-order valence-electron chi connectivity index (χ1n) is 7.40. The van der Waals surface area contributed by atoms with Gasteiger partial charge in [-0.1, -0.05) is 12.1 Å². The first-order valence-corrected chi connectivity index (χ1v) is 7.94. The van der Waals surface area contributed by atoms with Gasteiger partial charge in [-0.15, -0.1) is 11.6 Å². The van der Waals surface area contributed by atoms with Gasteiger partial charge in [0, 0.05) is 12.4 Å². The van der Waals surface area contributed by atoms with Crippen LogP contribution in [0.15, 0.2) is 24.3 Å². The average molecular weight is 318 g/mol. The van der Waals surface area contributed by atoms with Gasteiger partial charge in [-0.05, 0) is 61.4 Å².